The third kappa shape index (κ3) is 4.06. The minimum absolute atomic E-state index is 0.0549. The van der Waals surface area contributed by atoms with Crippen molar-refractivity contribution < 1.29 is 14.3 Å². The zero-order valence-corrected chi connectivity index (χ0v) is 17.1. The molecule has 2 heterocycles. The van der Waals surface area contributed by atoms with Crippen LogP contribution in [-0.4, -0.2) is 22.5 Å². The Kier molecular flexibility index (Phi) is 5.37. The second kappa shape index (κ2) is 7.56. The largest absolute Gasteiger partial charge is 0.458 e. The van der Waals surface area contributed by atoms with Crippen molar-refractivity contribution in [3.8, 4) is 0 Å². The molecule has 0 radical (unpaired) electrons. The van der Waals surface area contributed by atoms with Crippen molar-refractivity contribution in [2.24, 2.45) is 0 Å². The fourth-order valence-electron chi connectivity index (χ4n) is 3.28. The molecule has 0 fully saturated rings. The maximum atomic E-state index is 12.8. The summed E-state index contributed by atoms with van der Waals surface area (Å²) < 4.78 is 7.08. The maximum Gasteiger partial charge on any atom is 0.355 e. The van der Waals surface area contributed by atoms with Crippen LogP contribution in [0.15, 0.2) is 29.6 Å². The van der Waals surface area contributed by atoms with Gasteiger partial charge in [0, 0.05) is 11.1 Å². The van der Waals surface area contributed by atoms with Crippen LogP contribution >= 0.6 is 11.3 Å². The fraction of sp³-hybridized carbons (Fsp3) is 0.333. The molecule has 0 saturated heterocycles. The van der Waals surface area contributed by atoms with Crippen LogP contribution in [-0.2, 0) is 16.1 Å². The van der Waals surface area contributed by atoms with Crippen LogP contribution in [0.25, 0.3) is 10.2 Å². The molecule has 1 N–H and O–H groups in total. The Morgan fingerprint density at radius 1 is 1.15 bits per heavy atom. The molecule has 27 heavy (non-hydrogen) atoms. The predicted octanol–water partition coefficient (Wildman–Crippen LogP) is 4.83. The number of carbonyl (C=O) groups excluding carboxylic acids is 2. The van der Waals surface area contributed by atoms with Gasteiger partial charge < -0.3 is 14.6 Å². The van der Waals surface area contributed by atoms with Crippen molar-refractivity contribution in [3.05, 3.63) is 52.0 Å². The van der Waals surface area contributed by atoms with Gasteiger partial charge in [0.25, 0.3) is 0 Å². The van der Waals surface area contributed by atoms with Crippen LogP contribution < -0.4 is 5.32 Å². The molecule has 3 aromatic rings. The molecule has 0 atom stereocenters. The summed E-state index contributed by atoms with van der Waals surface area (Å²) in [5, 5.41) is 5.89. The summed E-state index contributed by atoms with van der Waals surface area (Å²) in [4.78, 5) is 26.1. The maximum absolute atomic E-state index is 12.8. The van der Waals surface area contributed by atoms with Gasteiger partial charge in [-0.15, -0.1) is 11.3 Å². The number of carbonyl (C=O) groups is 2. The zero-order chi connectivity index (χ0) is 19.7. The quantitative estimate of drug-likeness (QED) is 0.641. The monoisotopic (exact) mass is 384 g/mol. The number of aryl methyl sites for hydroxylation is 3. The summed E-state index contributed by atoms with van der Waals surface area (Å²) in [7, 11) is 0. The minimum Gasteiger partial charge on any atom is -0.458 e. The molecule has 0 bridgehead atoms. The Morgan fingerprint density at radius 2 is 1.81 bits per heavy atom. The van der Waals surface area contributed by atoms with Gasteiger partial charge in [-0.1, -0.05) is 17.7 Å². The number of rotatable bonds is 5. The normalized spacial score (nSPS) is 11.2. The van der Waals surface area contributed by atoms with E-state index in [9.17, 15) is 9.59 Å². The number of ether oxygens (including phenoxy) is 1. The van der Waals surface area contributed by atoms with Crippen molar-refractivity contribution in [1.82, 2.24) is 4.57 Å². The van der Waals surface area contributed by atoms with E-state index in [4.69, 9.17) is 4.74 Å². The lowest BCUT2D eigenvalue weighted by atomic mass is 10.1. The Morgan fingerprint density at radius 3 is 2.44 bits per heavy atom. The molecular formula is C21H24N2O3S. The molecule has 0 unspecified atom stereocenters. The highest BCUT2D eigenvalue weighted by molar-refractivity contribution is 7.16. The van der Waals surface area contributed by atoms with Gasteiger partial charge in [0.2, 0.25) is 5.91 Å². The van der Waals surface area contributed by atoms with Crippen molar-refractivity contribution in [2.75, 3.05) is 5.32 Å². The average molecular weight is 385 g/mol. The molecule has 0 spiro atoms. The van der Waals surface area contributed by atoms with E-state index in [1.54, 1.807) is 10.6 Å². The SMILES string of the molecule is Cc1cc(C)c(NC(=O)Cn2c(C(=O)OC(C)C)cc3ccsc32)c(C)c1. The number of fused-ring (bicyclic) bond motifs is 1. The molecule has 5 nitrogen and oxygen atoms in total. The minimum atomic E-state index is -0.413. The van der Waals surface area contributed by atoms with Gasteiger partial charge in [-0.25, -0.2) is 4.79 Å². The van der Waals surface area contributed by atoms with Gasteiger partial charge in [-0.05, 0) is 63.3 Å². The van der Waals surface area contributed by atoms with Crippen LogP contribution in [0.3, 0.4) is 0 Å². The smallest absolute Gasteiger partial charge is 0.355 e. The number of amides is 1. The molecule has 0 aliphatic rings. The Hall–Kier alpha value is -2.60. The lowest BCUT2D eigenvalue weighted by Crippen LogP contribution is -2.23. The van der Waals surface area contributed by atoms with Gasteiger partial charge in [0.05, 0.1) is 6.10 Å². The molecule has 0 saturated carbocycles. The second-order valence-electron chi connectivity index (χ2n) is 7.07. The van der Waals surface area contributed by atoms with Gasteiger partial charge in [-0.3, -0.25) is 4.79 Å². The number of benzene rings is 1. The molecule has 142 valence electrons. The highest BCUT2D eigenvalue weighted by atomic mass is 32.1. The van der Waals surface area contributed by atoms with E-state index in [-0.39, 0.29) is 18.6 Å². The van der Waals surface area contributed by atoms with Gasteiger partial charge >= 0.3 is 5.97 Å². The molecule has 6 heteroatoms. The second-order valence-corrected chi connectivity index (χ2v) is 7.97. The highest BCUT2D eigenvalue weighted by Crippen LogP contribution is 2.27. The first-order chi connectivity index (χ1) is 12.8. The van der Waals surface area contributed by atoms with Gasteiger partial charge in [-0.2, -0.15) is 0 Å². The lowest BCUT2D eigenvalue weighted by molar-refractivity contribution is -0.116. The summed E-state index contributed by atoms with van der Waals surface area (Å²) in [6, 6.07) is 7.81. The molecule has 0 aliphatic heterocycles. The third-order valence-electron chi connectivity index (χ3n) is 4.30. The Labute approximate surface area is 163 Å². The van der Waals surface area contributed by atoms with Crippen molar-refractivity contribution in [2.45, 2.75) is 47.3 Å². The van der Waals surface area contributed by atoms with E-state index in [1.165, 1.54) is 11.3 Å². The molecule has 1 amide bonds. The third-order valence-corrected chi connectivity index (χ3v) is 5.25. The summed E-state index contributed by atoms with van der Waals surface area (Å²) in [5.74, 6) is -0.585. The first-order valence-corrected chi connectivity index (χ1v) is 9.79. The fourth-order valence-corrected chi connectivity index (χ4v) is 4.17. The molecule has 3 rings (SSSR count). The summed E-state index contributed by atoms with van der Waals surface area (Å²) in [6.45, 7) is 9.67. The van der Waals surface area contributed by atoms with Crippen LogP contribution in [0.1, 0.15) is 41.0 Å². The van der Waals surface area contributed by atoms with Gasteiger partial charge in [0.1, 0.15) is 17.1 Å². The standard InChI is InChI=1S/C21H24N2O3S/c1-12(2)26-21(25)17-10-16-6-7-27-20(16)23(17)11-18(24)22-19-14(4)8-13(3)9-15(19)5/h6-10,12H,11H2,1-5H3,(H,22,24). The van der Waals surface area contributed by atoms with Gasteiger partial charge in [0.15, 0.2) is 0 Å². The van der Waals surface area contributed by atoms with E-state index in [1.807, 2.05) is 58.2 Å². The van der Waals surface area contributed by atoms with Crippen molar-refractivity contribution in [1.29, 1.82) is 0 Å². The number of esters is 1. The van der Waals surface area contributed by atoms with Crippen LogP contribution in [0.4, 0.5) is 5.69 Å². The van der Waals surface area contributed by atoms with E-state index < -0.39 is 5.97 Å². The van der Waals surface area contributed by atoms with E-state index >= 15 is 0 Å². The lowest BCUT2D eigenvalue weighted by Gasteiger charge is -2.15. The molecule has 0 aliphatic carbocycles. The summed E-state index contributed by atoms with van der Waals surface area (Å²) in [5.41, 5.74) is 4.43. The topological polar surface area (TPSA) is 60.3 Å². The van der Waals surface area contributed by atoms with Crippen LogP contribution in [0.5, 0.6) is 0 Å². The van der Waals surface area contributed by atoms with Crippen molar-refractivity contribution in [3.63, 3.8) is 0 Å². The van der Waals surface area contributed by atoms with Crippen LogP contribution in [0.2, 0.25) is 0 Å². The molecular weight excluding hydrogens is 360 g/mol. The number of nitrogens with one attached hydrogen (secondary N) is 1. The predicted molar refractivity (Wildman–Crippen MR) is 110 cm³/mol. The average Bonchev–Trinajstić information content (AvgIpc) is 3.13. The highest BCUT2D eigenvalue weighted by Gasteiger charge is 2.21. The number of hydrogen-bond donors (Lipinski definition) is 1. The number of hydrogen-bond acceptors (Lipinski definition) is 4. The summed E-state index contributed by atoms with van der Waals surface area (Å²) >= 11 is 1.50. The van der Waals surface area contributed by atoms with E-state index in [2.05, 4.69) is 5.32 Å². The first-order valence-electron chi connectivity index (χ1n) is 8.91. The number of aromatic nitrogens is 1. The number of anilines is 1. The Balaban J connectivity index is 1.89. The molecule has 1 aromatic carbocycles. The Bertz CT molecular complexity index is 991. The first kappa shape index (κ1) is 19.2. The van der Waals surface area contributed by atoms with Crippen LogP contribution in [0, 0.1) is 20.8 Å². The van der Waals surface area contributed by atoms with E-state index in [0.717, 1.165) is 32.6 Å². The number of nitrogens with zero attached hydrogens (tertiary/aromatic N) is 1. The summed E-state index contributed by atoms with van der Waals surface area (Å²) in [6.07, 6.45) is -0.217. The molecule has 2 aromatic heterocycles. The number of thiophene rings is 1. The zero-order valence-electron chi connectivity index (χ0n) is 16.3. The van der Waals surface area contributed by atoms with Crippen molar-refractivity contribution >= 4 is 39.1 Å². The van der Waals surface area contributed by atoms with E-state index in [0.29, 0.717) is 5.69 Å².